The second-order valence-corrected chi connectivity index (χ2v) is 10.0. The van der Waals surface area contributed by atoms with Crippen molar-refractivity contribution in [2.75, 3.05) is 0 Å². The molecule has 1 aromatic rings. The molecule has 20 heavy (non-hydrogen) atoms. The first-order valence-corrected chi connectivity index (χ1v) is 9.72. The third kappa shape index (κ3) is 2.39. The third-order valence-corrected chi connectivity index (χ3v) is 8.45. The van der Waals surface area contributed by atoms with Crippen LogP contribution in [0.2, 0.25) is 4.34 Å². The normalized spacial score (nSPS) is 40.2. The van der Waals surface area contributed by atoms with E-state index in [0.29, 0.717) is 5.41 Å². The van der Waals surface area contributed by atoms with E-state index in [4.69, 9.17) is 17.3 Å². The maximum absolute atomic E-state index is 6.53. The van der Waals surface area contributed by atoms with Crippen LogP contribution in [-0.4, -0.2) is 0 Å². The van der Waals surface area contributed by atoms with Gasteiger partial charge in [0.15, 0.2) is 0 Å². The van der Waals surface area contributed by atoms with Gasteiger partial charge >= 0.3 is 0 Å². The zero-order chi connectivity index (χ0) is 13.9. The number of halogens is 2. The van der Waals surface area contributed by atoms with Gasteiger partial charge in [0, 0.05) is 15.4 Å². The van der Waals surface area contributed by atoms with Gasteiger partial charge in [0.1, 0.15) is 4.34 Å². The second-order valence-electron chi connectivity index (χ2n) is 7.50. The highest BCUT2D eigenvalue weighted by atomic mass is 79.9. The summed E-state index contributed by atoms with van der Waals surface area (Å²) in [5, 5.41) is 0. The minimum absolute atomic E-state index is 0.167. The van der Waals surface area contributed by atoms with E-state index in [1.54, 1.807) is 11.3 Å². The summed E-state index contributed by atoms with van der Waals surface area (Å²) in [4.78, 5) is 1.25. The lowest BCUT2D eigenvalue weighted by Crippen LogP contribution is -2.47. The SMILES string of the molecule is NC(CC12CC3CC(CC(C3)C1)C2)c1cc(Br)c(Cl)s1. The zero-order valence-corrected chi connectivity index (χ0v) is 14.7. The van der Waals surface area contributed by atoms with Crippen LogP contribution in [0.25, 0.3) is 0 Å². The molecule has 1 nitrogen and oxygen atoms in total. The Hall–Kier alpha value is 0.430. The summed E-state index contributed by atoms with van der Waals surface area (Å²) in [7, 11) is 0. The molecule has 4 aliphatic rings. The molecule has 4 aliphatic carbocycles. The molecule has 1 unspecified atom stereocenters. The quantitative estimate of drug-likeness (QED) is 0.714. The third-order valence-electron chi connectivity index (χ3n) is 5.85. The lowest BCUT2D eigenvalue weighted by molar-refractivity contribution is -0.0603. The smallest absolute Gasteiger partial charge is 0.107 e. The molecule has 2 N–H and O–H groups in total. The van der Waals surface area contributed by atoms with Crippen molar-refractivity contribution in [2.45, 2.75) is 51.0 Å². The average molecular weight is 375 g/mol. The molecule has 4 bridgehead atoms. The van der Waals surface area contributed by atoms with E-state index >= 15 is 0 Å². The van der Waals surface area contributed by atoms with Gasteiger partial charge in [-0.2, -0.15) is 0 Å². The molecule has 1 atom stereocenters. The van der Waals surface area contributed by atoms with E-state index in [2.05, 4.69) is 22.0 Å². The molecule has 0 saturated heterocycles. The number of thiophene rings is 1. The van der Waals surface area contributed by atoms with Crippen molar-refractivity contribution in [3.8, 4) is 0 Å². The maximum Gasteiger partial charge on any atom is 0.107 e. The fourth-order valence-electron chi connectivity index (χ4n) is 5.65. The maximum atomic E-state index is 6.53. The molecule has 1 aromatic heterocycles. The van der Waals surface area contributed by atoms with E-state index in [9.17, 15) is 0 Å². The Balaban J connectivity index is 1.53. The van der Waals surface area contributed by atoms with Crippen LogP contribution >= 0.6 is 38.9 Å². The molecule has 0 aromatic carbocycles. The topological polar surface area (TPSA) is 26.0 Å². The Morgan fingerprint density at radius 3 is 2.25 bits per heavy atom. The summed E-state index contributed by atoms with van der Waals surface area (Å²) in [6, 6.07) is 2.29. The first kappa shape index (κ1) is 14.0. The van der Waals surface area contributed by atoms with Gasteiger partial charge in [0.25, 0.3) is 0 Å². The molecule has 0 aliphatic heterocycles. The van der Waals surface area contributed by atoms with Crippen LogP contribution in [0.1, 0.15) is 55.9 Å². The zero-order valence-electron chi connectivity index (χ0n) is 11.6. The lowest BCUT2D eigenvalue weighted by Gasteiger charge is -2.57. The second kappa shape index (κ2) is 4.97. The molecule has 5 rings (SSSR count). The van der Waals surface area contributed by atoms with Crippen molar-refractivity contribution < 1.29 is 0 Å². The van der Waals surface area contributed by atoms with Gasteiger partial charge in [-0.25, -0.2) is 0 Å². The van der Waals surface area contributed by atoms with Crippen LogP contribution < -0.4 is 5.73 Å². The van der Waals surface area contributed by atoms with E-state index in [0.717, 1.165) is 26.6 Å². The van der Waals surface area contributed by atoms with Gasteiger partial charge in [-0.1, -0.05) is 11.6 Å². The van der Waals surface area contributed by atoms with Gasteiger partial charge in [-0.05, 0) is 90.1 Å². The average Bonchev–Trinajstić information content (AvgIpc) is 2.67. The largest absolute Gasteiger partial charge is 0.323 e. The van der Waals surface area contributed by atoms with Crippen molar-refractivity contribution in [3.63, 3.8) is 0 Å². The highest BCUT2D eigenvalue weighted by molar-refractivity contribution is 9.10. The molecule has 4 fully saturated rings. The fraction of sp³-hybridized carbons (Fsp3) is 0.750. The van der Waals surface area contributed by atoms with Gasteiger partial charge in [0.05, 0.1) is 0 Å². The fourth-order valence-corrected chi connectivity index (χ4v) is 7.39. The van der Waals surface area contributed by atoms with E-state index in [1.807, 2.05) is 0 Å². The first-order valence-electron chi connectivity index (χ1n) is 7.73. The van der Waals surface area contributed by atoms with Gasteiger partial charge < -0.3 is 5.73 Å². The first-order chi connectivity index (χ1) is 9.53. The molecule has 0 amide bonds. The molecule has 4 saturated carbocycles. The predicted octanol–water partition coefficient (Wildman–Crippen LogP) is 5.77. The summed E-state index contributed by atoms with van der Waals surface area (Å²) in [5.41, 5.74) is 7.08. The van der Waals surface area contributed by atoms with E-state index in [-0.39, 0.29) is 6.04 Å². The standard InChI is InChI=1S/C16H21BrClNS/c17-12-4-14(20-15(12)18)13(19)8-16-5-9-1-10(6-16)3-11(2-9)7-16/h4,9-11,13H,1-3,5-8,19H2. The van der Waals surface area contributed by atoms with Crippen LogP contribution in [-0.2, 0) is 0 Å². The molecular formula is C16H21BrClNS. The lowest BCUT2D eigenvalue weighted by atomic mass is 9.48. The van der Waals surface area contributed by atoms with Crippen molar-refractivity contribution >= 4 is 38.9 Å². The summed E-state index contributed by atoms with van der Waals surface area (Å²) in [5.74, 6) is 3.02. The van der Waals surface area contributed by atoms with Crippen LogP contribution in [0.3, 0.4) is 0 Å². The molecular weight excluding hydrogens is 354 g/mol. The highest BCUT2D eigenvalue weighted by Crippen LogP contribution is 2.62. The number of hydrogen-bond acceptors (Lipinski definition) is 2. The Morgan fingerprint density at radius 2 is 1.80 bits per heavy atom. The van der Waals surface area contributed by atoms with Crippen molar-refractivity contribution in [1.29, 1.82) is 0 Å². The van der Waals surface area contributed by atoms with Gasteiger partial charge in [-0.3, -0.25) is 0 Å². The molecule has 1 heterocycles. The van der Waals surface area contributed by atoms with Crippen molar-refractivity contribution in [3.05, 3.63) is 19.8 Å². The van der Waals surface area contributed by atoms with E-state index in [1.165, 1.54) is 49.8 Å². The van der Waals surface area contributed by atoms with Gasteiger partial charge in [0.2, 0.25) is 0 Å². The van der Waals surface area contributed by atoms with Crippen molar-refractivity contribution in [1.82, 2.24) is 0 Å². The molecule has 0 spiro atoms. The number of hydrogen-bond donors (Lipinski definition) is 1. The Morgan fingerprint density at radius 1 is 1.25 bits per heavy atom. The Labute approximate surface area is 138 Å². The van der Waals surface area contributed by atoms with Crippen molar-refractivity contribution in [2.24, 2.45) is 28.9 Å². The summed E-state index contributed by atoms with van der Waals surface area (Å²) >= 11 is 11.3. The molecule has 4 heteroatoms. The predicted molar refractivity (Wildman–Crippen MR) is 89.2 cm³/mol. The molecule has 0 radical (unpaired) electrons. The summed E-state index contributed by atoms with van der Waals surface area (Å²) < 4.78 is 1.83. The van der Waals surface area contributed by atoms with Crippen LogP contribution in [0, 0.1) is 23.2 Å². The Kier molecular flexibility index (Phi) is 3.49. The summed E-state index contributed by atoms with van der Waals surface area (Å²) in [6.45, 7) is 0. The van der Waals surface area contributed by atoms with Crippen LogP contribution in [0.5, 0.6) is 0 Å². The highest BCUT2D eigenvalue weighted by Gasteiger charge is 2.51. The Bertz CT molecular complexity index is 472. The number of rotatable bonds is 3. The number of nitrogens with two attached hydrogens (primary N) is 1. The van der Waals surface area contributed by atoms with E-state index < -0.39 is 0 Å². The van der Waals surface area contributed by atoms with Gasteiger partial charge in [-0.15, -0.1) is 11.3 Å². The monoisotopic (exact) mass is 373 g/mol. The summed E-state index contributed by atoms with van der Waals surface area (Å²) in [6.07, 6.45) is 9.99. The van der Waals surface area contributed by atoms with Crippen LogP contribution in [0.15, 0.2) is 10.5 Å². The van der Waals surface area contributed by atoms with Crippen LogP contribution in [0.4, 0.5) is 0 Å². The minimum atomic E-state index is 0.167. The minimum Gasteiger partial charge on any atom is -0.323 e. The molecule has 110 valence electrons.